The zero-order chi connectivity index (χ0) is 52.9. The Balaban J connectivity index is 4.00. The molecule has 422 valence electrons. The first kappa shape index (κ1) is 69.8. The van der Waals surface area contributed by atoms with Crippen molar-refractivity contribution >= 4 is 17.9 Å². The summed E-state index contributed by atoms with van der Waals surface area (Å²) >= 11 is 0. The third kappa shape index (κ3) is 59.6. The van der Waals surface area contributed by atoms with Gasteiger partial charge < -0.3 is 14.2 Å². The Kier molecular flexibility index (Phi) is 58.7. The normalized spacial score (nSPS) is 12.5. The summed E-state index contributed by atoms with van der Waals surface area (Å²) in [5, 5.41) is 0. The van der Waals surface area contributed by atoms with Gasteiger partial charge in [0.05, 0.1) is 0 Å². The van der Waals surface area contributed by atoms with Crippen LogP contribution in [0.5, 0.6) is 0 Å². The fraction of sp³-hybridized carbons (Fsp3) is 0.776. The molecule has 0 fully saturated rings. The quantitative estimate of drug-likeness (QED) is 0.0261. The number of hydrogen-bond acceptors (Lipinski definition) is 6. The average molecular weight is 1020 g/mol. The van der Waals surface area contributed by atoms with Gasteiger partial charge in [-0.25, -0.2) is 0 Å². The van der Waals surface area contributed by atoms with Gasteiger partial charge in [-0.05, 0) is 96.3 Å². The zero-order valence-electron chi connectivity index (χ0n) is 48.4. The lowest BCUT2D eigenvalue weighted by Crippen LogP contribution is -2.30. The second-order valence-corrected chi connectivity index (χ2v) is 21.0. The van der Waals surface area contributed by atoms with Crippen LogP contribution in [-0.2, 0) is 28.6 Å². The van der Waals surface area contributed by atoms with Crippen LogP contribution in [0.2, 0.25) is 0 Å². The Morgan fingerprint density at radius 3 is 0.795 bits per heavy atom. The molecule has 0 radical (unpaired) electrons. The van der Waals surface area contributed by atoms with Gasteiger partial charge in [0, 0.05) is 19.3 Å². The summed E-state index contributed by atoms with van der Waals surface area (Å²) in [6, 6.07) is 0. The smallest absolute Gasteiger partial charge is 0.306 e. The van der Waals surface area contributed by atoms with Gasteiger partial charge >= 0.3 is 17.9 Å². The van der Waals surface area contributed by atoms with Crippen LogP contribution in [0, 0.1) is 0 Å². The molecule has 0 rings (SSSR count). The number of carbonyl (C=O) groups excluding carboxylic acids is 3. The van der Waals surface area contributed by atoms with Crippen molar-refractivity contribution in [3.05, 3.63) is 72.9 Å². The number of unbranched alkanes of at least 4 members (excludes halogenated alkanes) is 34. The summed E-state index contributed by atoms with van der Waals surface area (Å²) in [5.41, 5.74) is 0. The van der Waals surface area contributed by atoms with E-state index < -0.39 is 6.10 Å². The maximum absolute atomic E-state index is 12.8. The van der Waals surface area contributed by atoms with Gasteiger partial charge in [-0.3, -0.25) is 14.4 Å². The third-order valence-electron chi connectivity index (χ3n) is 13.7. The standard InChI is InChI=1S/C67H118O6/c1-4-7-10-13-15-17-19-21-23-25-27-28-29-30-31-32-33-34-35-36-37-38-40-41-43-45-47-49-51-54-57-60-66(69)72-63-64(62-71-65(68)59-56-53-12-9-6-3)73-67(70)61-58-55-52-50-48-46-44-42-39-26-24-22-20-18-16-14-11-8-5-2/h16,18-19,21-22,24-25,27,29-30,39,42,64H,4-15,17,20,23,26,28,31-38,40-41,43-63H2,1-3H3/b18-16-,21-19-,24-22-,27-25-,30-29-,42-39-. The Labute approximate surface area is 453 Å². The van der Waals surface area contributed by atoms with Crippen LogP contribution in [0.3, 0.4) is 0 Å². The van der Waals surface area contributed by atoms with Crippen molar-refractivity contribution in [1.82, 2.24) is 0 Å². The minimum absolute atomic E-state index is 0.0789. The van der Waals surface area contributed by atoms with Gasteiger partial charge in [0.25, 0.3) is 0 Å². The number of allylic oxidation sites excluding steroid dienone is 12. The highest BCUT2D eigenvalue weighted by Gasteiger charge is 2.19. The van der Waals surface area contributed by atoms with Crippen molar-refractivity contribution < 1.29 is 28.6 Å². The van der Waals surface area contributed by atoms with Crippen LogP contribution in [0.1, 0.15) is 316 Å². The fourth-order valence-corrected chi connectivity index (χ4v) is 8.93. The van der Waals surface area contributed by atoms with Crippen molar-refractivity contribution in [2.45, 2.75) is 322 Å². The molecule has 1 unspecified atom stereocenters. The van der Waals surface area contributed by atoms with E-state index in [4.69, 9.17) is 14.2 Å². The minimum atomic E-state index is -0.778. The first-order valence-corrected chi connectivity index (χ1v) is 31.4. The molecule has 6 nitrogen and oxygen atoms in total. The van der Waals surface area contributed by atoms with E-state index in [0.717, 1.165) is 103 Å². The average Bonchev–Trinajstić information content (AvgIpc) is 3.39. The second-order valence-electron chi connectivity index (χ2n) is 21.0. The molecule has 0 aliphatic heterocycles. The SMILES string of the molecule is CCCCC/C=C\C/C=C\C/C=C\CCCCCCCCC(=O)OC(COC(=O)CCCCCCC)COC(=O)CCCCCCCCCCCCCCCCCC/C=C\C/C=C\C/C=C\CCCCCCC. The van der Waals surface area contributed by atoms with E-state index in [0.29, 0.717) is 19.3 Å². The zero-order valence-corrected chi connectivity index (χ0v) is 48.4. The summed E-state index contributed by atoms with van der Waals surface area (Å²) in [4.78, 5) is 37.9. The van der Waals surface area contributed by atoms with Crippen LogP contribution in [0.25, 0.3) is 0 Å². The lowest BCUT2D eigenvalue weighted by Gasteiger charge is -2.18. The van der Waals surface area contributed by atoms with Crippen LogP contribution in [0.15, 0.2) is 72.9 Å². The Bertz CT molecular complexity index is 1360. The van der Waals surface area contributed by atoms with Crippen LogP contribution < -0.4 is 0 Å². The predicted octanol–water partition coefficient (Wildman–Crippen LogP) is 21.3. The van der Waals surface area contributed by atoms with E-state index in [-0.39, 0.29) is 31.1 Å². The summed E-state index contributed by atoms with van der Waals surface area (Å²) in [7, 11) is 0. The molecule has 1 atom stereocenters. The first-order valence-electron chi connectivity index (χ1n) is 31.4. The van der Waals surface area contributed by atoms with Crippen molar-refractivity contribution in [1.29, 1.82) is 0 Å². The Hall–Kier alpha value is -3.15. The molecule has 0 heterocycles. The lowest BCUT2D eigenvalue weighted by molar-refractivity contribution is -0.167. The van der Waals surface area contributed by atoms with Gasteiger partial charge in [-0.15, -0.1) is 0 Å². The molecule has 0 aromatic rings. The molecule has 0 bridgehead atoms. The number of carbonyl (C=O) groups is 3. The number of ether oxygens (including phenoxy) is 3. The molecule has 0 spiro atoms. The molecule has 0 aliphatic carbocycles. The van der Waals surface area contributed by atoms with E-state index in [1.807, 2.05) is 0 Å². The van der Waals surface area contributed by atoms with Crippen LogP contribution in [-0.4, -0.2) is 37.2 Å². The van der Waals surface area contributed by atoms with Crippen molar-refractivity contribution in [3.63, 3.8) is 0 Å². The molecular formula is C67H118O6. The van der Waals surface area contributed by atoms with Crippen LogP contribution in [0.4, 0.5) is 0 Å². The molecular weight excluding hydrogens is 901 g/mol. The largest absolute Gasteiger partial charge is 0.462 e. The Morgan fingerprint density at radius 1 is 0.274 bits per heavy atom. The summed E-state index contributed by atoms with van der Waals surface area (Å²) in [5.74, 6) is -0.896. The summed E-state index contributed by atoms with van der Waals surface area (Å²) < 4.78 is 16.7. The molecule has 0 saturated heterocycles. The molecule has 0 aromatic heterocycles. The minimum Gasteiger partial charge on any atom is -0.462 e. The fourth-order valence-electron chi connectivity index (χ4n) is 8.93. The lowest BCUT2D eigenvalue weighted by atomic mass is 10.0. The summed E-state index contributed by atoms with van der Waals surface area (Å²) in [6.07, 6.45) is 79.6. The monoisotopic (exact) mass is 1020 g/mol. The second kappa shape index (κ2) is 61.4. The molecule has 0 aliphatic rings. The van der Waals surface area contributed by atoms with E-state index in [9.17, 15) is 14.4 Å². The van der Waals surface area contributed by atoms with Gasteiger partial charge in [-0.1, -0.05) is 273 Å². The van der Waals surface area contributed by atoms with Gasteiger partial charge in [0.2, 0.25) is 0 Å². The maximum atomic E-state index is 12.8. The van der Waals surface area contributed by atoms with Crippen LogP contribution >= 0.6 is 0 Å². The number of rotatable bonds is 57. The van der Waals surface area contributed by atoms with E-state index in [1.165, 1.54) is 173 Å². The van der Waals surface area contributed by atoms with Gasteiger partial charge in [-0.2, -0.15) is 0 Å². The summed E-state index contributed by atoms with van der Waals surface area (Å²) in [6.45, 7) is 6.53. The molecule has 0 amide bonds. The highest BCUT2D eigenvalue weighted by atomic mass is 16.6. The maximum Gasteiger partial charge on any atom is 0.306 e. The van der Waals surface area contributed by atoms with Crippen molar-refractivity contribution in [2.24, 2.45) is 0 Å². The van der Waals surface area contributed by atoms with Crippen molar-refractivity contribution in [3.8, 4) is 0 Å². The predicted molar refractivity (Wildman–Crippen MR) is 316 cm³/mol. The molecule has 0 N–H and O–H groups in total. The number of hydrogen-bond donors (Lipinski definition) is 0. The number of esters is 3. The third-order valence-corrected chi connectivity index (χ3v) is 13.7. The Morgan fingerprint density at radius 2 is 0.493 bits per heavy atom. The first-order chi connectivity index (χ1) is 36.0. The highest BCUT2D eigenvalue weighted by molar-refractivity contribution is 5.71. The topological polar surface area (TPSA) is 78.9 Å². The molecule has 0 saturated carbocycles. The van der Waals surface area contributed by atoms with E-state index in [2.05, 4.69) is 93.7 Å². The molecule has 0 aromatic carbocycles. The van der Waals surface area contributed by atoms with E-state index >= 15 is 0 Å². The van der Waals surface area contributed by atoms with Gasteiger partial charge in [0.1, 0.15) is 13.2 Å². The van der Waals surface area contributed by atoms with Gasteiger partial charge in [0.15, 0.2) is 6.10 Å². The molecule has 6 heteroatoms. The van der Waals surface area contributed by atoms with Crippen molar-refractivity contribution in [2.75, 3.05) is 13.2 Å². The highest BCUT2D eigenvalue weighted by Crippen LogP contribution is 2.16. The van der Waals surface area contributed by atoms with E-state index in [1.54, 1.807) is 0 Å². The molecule has 73 heavy (non-hydrogen) atoms.